The van der Waals surface area contributed by atoms with E-state index in [1.54, 1.807) is 6.08 Å². The molecule has 0 fully saturated rings. The van der Waals surface area contributed by atoms with Gasteiger partial charge in [0, 0.05) is 12.8 Å². The highest BCUT2D eigenvalue weighted by Gasteiger charge is 2.18. The van der Waals surface area contributed by atoms with Crippen molar-refractivity contribution in [3.63, 3.8) is 0 Å². The van der Waals surface area contributed by atoms with Crippen LogP contribution in [0.2, 0.25) is 0 Å². The number of nitrogens with one attached hydrogen (secondary N) is 1. The number of carbonyl (C=O) groups is 2. The molecule has 3 N–H and O–H groups in total. The molecular weight excluding hydrogens is 851 g/mol. The van der Waals surface area contributed by atoms with Gasteiger partial charge in [-0.1, -0.05) is 295 Å². The number of carbonyl (C=O) groups excluding carboxylic acids is 2. The number of hydrogen-bond donors (Lipinski definition) is 3. The molecule has 2 unspecified atom stereocenters. The predicted octanol–water partition coefficient (Wildman–Crippen LogP) is 19.4. The fourth-order valence-electron chi connectivity index (χ4n) is 9.69. The SMILES string of the molecule is CCCCCCCCCCCCCCCCCCCCCCCC/C=C/C(O)C(CO)NC(=O)CCCCCC/C=C\CCCCOC(=O)CCCCCCCCCCCCCCCCCCCC. The number of amides is 1. The van der Waals surface area contributed by atoms with Gasteiger partial charge in [-0.2, -0.15) is 0 Å². The summed E-state index contributed by atoms with van der Waals surface area (Å²) in [5, 5.41) is 23.2. The first kappa shape index (κ1) is 67.3. The summed E-state index contributed by atoms with van der Waals surface area (Å²) < 4.78 is 5.46. The second kappa shape index (κ2) is 58.9. The van der Waals surface area contributed by atoms with Gasteiger partial charge >= 0.3 is 5.97 Å². The van der Waals surface area contributed by atoms with Crippen molar-refractivity contribution >= 4 is 11.9 Å². The Morgan fingerprint density at radius 1 is 0.391 bits per heavy atom. The molecule has 0 saturated heterocycles. The quantitative estimate of drug-likeness (QED) is 0.0321. The molecule has 2 atom stereocenters. The van der Waals surface area contributed by atoms with Crippen LogP contribution in [-0.4, -0.2) is 47.4 Å². The van der Waals surface area contributed by atoms with Crippen LogP contribution in [0, 0.1) is 0 Å². The maximum atomic E-state index is 12.5. The van der Waals surface area contributed by atoms with E-state index in [-0.39, 0.29) is 18.5 Å². The number of hydrogen-bond acceptors (Lipinski definition) is 5. The molecule has 0 radical (unpaired) electrons. The summed E-state index contributed by atoms with van der Waals surface area (Å²) in [6.07, 6.45) is 72.2. The molecule has 0 bridgehead atoms. The number of ether oxygens (including phenoxy) is 1. The average molecular weight is 973 g/mol. The van der Waals surface area contributed by atoms with E-state index >= 15 is 0 Å². The Balaban J connectivity index is 3.51. The van der Waals surface area contributed by atoms with E-state index in [0.717, 1.165) is 77.0 Å². The van der Waals surface area contributed by atoms with Gasteiger partial charge in [0.2, 0.25) is 5.91 Å². The molecule has 0 spiro atoms. The number of aliphatic hydroxyl groups excluding tert-OH is 2. The molecular formula is C63H121NO5. The van der Waals surface area contributed by atoms with Gasteiger partial charge in [-0.05, 0) is 57.8 Å². The normalized spacial score (nSPS) is 12.7. The lowest BCUT2D eigenvalue weighted by Crippen LogP contribution is -2.45. The van der Waals surface area contributed by atoms with E-state index in [9.17, 15) is 19.8 Å². The van der Waals surface area contributed by atoms with Gasteiger partial charge in [-0.15, -0.1) is 0 Å². The van der Waals surface area contributed by atoms with Crippen LogP contribution in [0.1, 0.15) is 341 Å². The first-order chi connectivity index (χ1) is 34.0. The van der Waals surface area contributed by atoms with Gasteiger partial charge in [0.15, 0.2) is 0 Å². The third kappa shape index (κ3) is 55.5. The first-order valence-corrected chi connectivity index (χ1v) is 31.1. The third-order valence-electron chi connectivity index (χ3n) is 14.5. The van der Waals surface area contributed by atoms with E-state index in [1.165, 1.54) is 238 Å². The smallest absolute Gasteiger partial charge is 0.305 e. The molecule has 408 valence electrons. The summed E-state index contributed by atoms with van der Waals surface area (Å²) >= 11 is 0. The summed E-state index contributed by atoms with van der Waals surface area (Å²) in [4.78, 5) is 24.6. The van der Waals surface area contributed by atoms with Crippen LogP contribution in [0.5, 0.6) is 0 Å². The number of allylic oxidation sites excluding steroid dienone is 3. The largest absolute Gasteiger partial charge is 0.466 e. The van der Waals surface area contributed by atoms with Crippen molar-refractivity contribution in [3.8, 4) is 0 Å². The molecule has 0 rings (SSSR count). The lowest BCUT2D eigenvalue weighted by Gasteiger charge is -2.20. The fourth-order valence-corrected chi connectivity index (χ4v) is 9.69. The monoisotopic (exact) mass is 972 g/mol. The summed E-state index contributed by atoms with van der Waals surface area (Å²) in [6, 6.07) is -0.654. The van der Waals surface area contributed by atoms with Crippen LogP contribution >= 0.6 is 0 Å². The van der Waals surface area contributed by atoms with Crippen LogP contribution < -0.4 is 5.32 Å². The molecule has 0 aliphatic carbocycles. The molecule has 1 amide bonds. The fraction of sp³-hybridized carbons (Fsp3) is 0.905. The minimum atomic E-state index is -0.867. The summed E-state index contributed by atoms with van der Waals surface area (Å²) in [7, 11) is 0. The average Bonchev–Trinajstić information content (AvgIpc) is 3.35. The summed E-state index contributed by atoms with van der Waals surface area (Å²) in [5.74, 6) is -0.133. The minimum Gasteiger partial charge on any atom is -0.466 e. The Kier molecular flexibility index (Phi) is 57.5. The summed E-state index contributed by atoms with van der Waals surface area (Å²) in [5.41, 5.74) is 0. The topological polar surface area (TPSA) is 95.9 Å². The molecule has 0 aromatic rings. The molecule has 0 aliphatic rings. The van der Waals surface area contributed by atoms with Crippen molar-refractivity contribution in [2.45, 2.75) is 353 Å². The Morgan fingerprint density at radius 3 is 1.03 bits per heavy atom. The van der Waals surface area contributed by atoms with E-state index in [2.05, 4.69) is 31.3 Å². The van der Waals surface area contributed by atoms with Gasteiger partial charge in [-0.3, -0.25) is 9.59 Å². The molecule has 0 saturated carbocycles. The minimum absolute atomic E-state index is 0.0331. The first-order valence-electron chi connectivity index (χ1n) is 31.1. The van der Waals surface area contributed by atoms with Crippen LogP contribution in [0.25, 0.3) is 0 Å². The lowest BCUT2D eigenvalue weighted by molar-refractivity contribution is -0.143. The van der Waals surface area contributed by atoms with Crippen molar-refractivity contribution in [1.29, 1.82) is 0 Å². The highest BCUT2D eigenvalue weighted by atomic mass is 16.5. The number of rotatable bonds is 58. The second-order valence-corrected chi connectivity index (χ2v) is 21.4. The van der Waals surface area contributed by atoms with Crippen molar-refractivity contribution in [3.05, 3.63) is 24.3 Å². The van der Waals surface area contributed by atoms with E-state index in [1.807, 2.05) is 6.08 Å². The van der Waals surface area contributed by atoms with Crippen molar-refractivity contribution in [2.24, 2.45) is 0 Å². The van der Waals surface area contributed by atoms with Gasteiger partial charge < -0.3 is 20.3 Å². The van der Waals surface area contributed by atoms with Crippen molar-refractivity contribution in [2.75, 3.05) is 13.2 Å². The van der Waals surface area contributed by atoms with Gasteiger partial charge in [0.25, 0.3) is 0 Å². The zero-order valence-corrected chi connectivity index (χ0v) is 46.6. The number of esters is 1. The van der Waals surface area contributed by atoms with E-state index in [4.69, 9.17) is 4.74 Å². The van der Waals surface area contributed by atoms with Crippen molar-refractivity contribution < 1.29 is 24.5 Å². The van der Waals surface area contributed by atoms with Gasteiger partial charge in [0.1, 0.15) is 0 Å². The molecule has 69 heavy (non-hydrogen) atoms. The van der Waals surface area contributed by atoms with Crippen LogP contribution in [0.4, 0.5) is 0 Å². The summed E-state index contributed by atoms with van der Waals surface area (Å²) in [6.45, 7) is 4.85. The Hall–Kier alpha value is -1.66. The lowest BCUT2D eigenvalue weighted by atomic mass is 10.0. The predicted molar refractivity (Wildman–Crippen MR) is 301 cm³/mol. The number of unbranched alkanes of at least 4 members (excludes halogenated alkanes) is 45. The zero-order valence-electron chi connectivity index (χ0n) is 46.6. The van der Waals surface area contributed by atoms with Gasteiger partial charge in [0.05, 0.1) is 25.4 Å². The molecule has 0 aliphatic heterocycles. The Labute approximate surface area is 431 Å². The number of aliphatic hydroxyl groups is 2. The zero-order chi connectivity index (χ0) is 50.0. The van der Waals surface area contributed by atoms with E-state index < -0.39 is 12.1 Å². The van der Waals surface area contributed by atoms with Crippen LogP contribution in [-0.2, 0) is 14.3 Å². The molecule has 0 heterocycles. The highest BCUT2D eigenvalue weighted by Crippen LogP contribution is 2.18. The highest BCUT2D eigenvalue weighted by molar-refractivity contribution is 5.76. The van der Waals surface area contributed by atoms with Crippen LogP contribution in [0.3, 0.4) is 0 Å². The Bertz CT molecular complexity index is 1080. The third-order valence-corrected chi connectivity index (χ3v) is 14.5. The van der Waals surface area contributed by atoms with E-state index in [0.29, 0.717) is 19.4 Å². The standard InChI is InChI=1S/C63H121NO5/c1-3-5-7-9-11-13-15-17-19-21-23-24-25-26-27-28-29-31-33-35-39-43-47-51-55-61(66)60(59-65)64-62(67)56-52-48-44-40-37-38-42-46-50-54-58-69-63(68)57-53-49-45-41-36-34-32-30-22-20-18-16-14-12-10-8-6-4-2/h38,42,51,55,60-61,65-66H,3-37,39-41,43-50,52-54,56-59H2,1-2H3,(H,64,67)/b42-38-,55-51+. The van der Waals surface area contributed by atoms with Crippen LogP contribution in [0.15, 0.2) is 24.3 Å². The maximum Gasteiger partial charge on any atom is 0.305 e. The van der Waals surface area contributed by atoms with Crippen molar-refractivity contribution in [1.82, 2.24) is 5.32 Å². The second-order valence-electron chi connectivity index (χ2n) is 21.4. The maximum absolute atomic E-state index is 12.5. The van der Waals surface area contributed by atoms with Gasteiger partial charge in [-0.25, -0.2) is 0 Å². The molecule has 0 aromatic heterocycles. The Morgan fingerprint density at radius 2 is 0.681 bits per heavy atom. The molecule has 0 aromatic carbocycles. The molecule has 6 heteroatoms. The molecule has 6 nitrogen and oxygen atoms in total.